The van der Waals surface area contributed by atoms with Crippen LogP contribution in [0.3, 0.4) is 0 Å². The molecule has 0 aliphatic carbocycles. The van der Waals surface area contributed by atoms with Crippen molar-refractivity contribution < 1.29 is 9.13 Å². The normalized spacial score (nSPS) is 15.2. The minimum absolute atomic E-state index is 0.170. The van der Waals surface area contributed by atoms with E-state index in [1.807, 2.05) is 11.9 Å². The van der Waals surface area contributed by atoms with Crippen LogP contribution < -0.4 is 9.64 Å². The fraction of sp³-hybridized carbons (Fsp3) is 0.400. The quantitative estimate of drug-likeness (QED) is 0.606. The number of likely N-dealkylation sites (N-methyl/N-ethyl adjacent to an activating group) is 1. The summed E-state index contributed by atoms with van der Waals surface area (Å²) < 4.78 is 18.6. The third-order valence-electron chi connectivity index (χ3n) is 2.34. The zero-order valence-corrected chi connectivity index (χ0v) is 7.80. The zero-order valence-electron chi connectivity index (χ0n) is 7.80. The molecule has 2 nitrogen and oxygen atoms in total. The molecule has 0 fully saturated rings. The Hall–Kier alpha value is -1.25. The van der Waals surface area contributed by atoms with Crippen molar-refractivity contribution in [3.05, 3.63) is 23.5 Å². The predicted molar refractivity (Wildman–Crippen MR) is 49.9 cm³/mol. The lowest BCUT2D eigenvalue weighted by Gasteiger charge is -2.27. The molecule has 3 heteroatoms. The molecule has 0 amide bonds. The second-order valence-electron chi connectivity index (χ2n) is 3.34. The first-order valence-electron chi connectivity index (χ1n) is 4.32. The topological polar surface area (TPSA) is 12.5 Å². The van der Waals surface area contributed by atoms with Gasteiger partial charge in [-0.2, -0.15) is 0 Å². The van der Waals surface area contributed by atoms with Gasteiger partial charge in [0.15, 0.2) is 0 Å². The van der Waals surface area contributed by atoms with Crippen molar-refractivity contribution in [1.29, 1.82) is 0 Å². The van der Waals surface area contributed by atoms with Gasteiger partial charge in [0.25, 0.3) is 0 Å². The lowest BCUT2D eigenvalue weighted by molar-refractivity contribution is 0.310. The molecule has 70 valence electrons. The Bertz CT molecular complexity index is 338. The number of aryl methyl sites for hydroxylation is 1. The lowest BCUT2D eigenvalue weighted by atomic mass is 10.1. The highest BCUT2D eigenvalue weighted by molar-refractivity contribution is 5.60. The molecule has 0 spiro atoms. The molecular weight excluding hydrogens is 169 g/mol. The van der Waals surface area contributed by atoms with Gasteiger partial charge in [-0.15, -0.1) is 0 Å². The number of rotatable bonds is 0. The molecule has 1 aliphatic rings. The molecule has 0 N–H and O–H groups in total. The maximum atomic E-state index is 13.2. The van der Waals surface area contributed by atoms with Crippen LogP contribution in [-0.4, -0.2) is 20.2 Å². The van der Waals surface area contributed by atoms with Gasteiger partial charge in [0.05, 0.1) is 12.2 Å². The third-order valence-corrected chi connectivity index (χ3v) is 2.34. The maximum absolute atomic E-state index is 13.2. The fourth-order valence-corrected chi connectivity index (χ4v) is 1.47. The van der Waals surface area contributed by atoms with Gasteiger partial charge in [-0.1, -0.05) is 0 Å². The number of hydrogen-bond acceptors (Lipinski definition) is 2. The van der Waals surface area contributed by atoms with E-state index in [-0.39, 0.29) is 5.82 Å². The van der Waals surface area contributed by atoms with E-state index in [1.54, 1.807) is 13.0 Å². The van der Waals surface area contributed by atoms with Crippen LogP contribution in [0.1, 0.15) is 5.56 Å². The van der Waals surface area contributed by atoms with Crippen molar-refractivity contribution in [2.24, 2.45) is 0 Å². The highest BCUT2D eigenvalue weighted by Crippen LogP contribution is 2.32. The van der Waals surface area contributed by atoms with E-state index in [0.717, 1.165) is 18.0 Å². The predicted octanol–water partition coefficient (Wildman–Crippen LogP) is 1.96. The van der Waals surface area contributed by atoms with Gasteiger partial charge < -0.3 is 9.64 Å². The van der Waals surface area contributed by atoms with Gasteiger partial charge in [-0.25, -0.2) is 4.39 Å². The molecule has 0 aromatic heterocycles. The summed E-state index contributed by atoms with van der Waals surface area (Å²) in [6, 6.07) is 3.28. The number of hydrogen-bond donors (Lipinski definition) is 0. The monoisotopic (exact) mass is 181 g/mol. The minimum Gasteiger partial charge on any atom is -0.490 e. The number of benzene rings is 1. The average Bonchev–Trinajstić information content (AvgIpc) is 2.09. The Morgan fingerprint density at radius 3 is 3.00 bits per heavy atom. The Labute approximate surface area is 76.9 Å². The first-order chi connectivity index (χ1) is 6.18. The molecule has 1 aromatic rings. The molecule has 1 aromatic carbocycles. The van der Waals surface area contributed by atoms with E-state index in [0.29, 0.717) is 12.2 Å². The van der Waals surface area contributed by atoms with Crippen LogP contribution in [0.15, 0.2) is 12.1 Å². The summed E-state index contributed by atoms with van der Waals surface area (Å²) in [6.07, 6.45) is 0. The summed E-state index contributed by atoms with van der Waals surface area (Å²) in [4.78, 5) is 2.00. The summed E-state index contributed by atoms with van der Waals surface area (Å²) in [5, 5.41) is 0. The van der Waals surface area contributed by atoms with Crippen LogP contribution in [0.25, 0.3) is 0 Å². The number of ether oxygens (including phenoxy) is 1. The van der Waals surface area contributed by atoms with E-state index in [2.05, 4.69) is 0 Å². The molecule has 0 bridgehead atoms. The summed E-state index contributed by atoms with van der Waals surface area (Å²) in [6.45, 7) is 3.23. The van der Waals surface area contributed by atoms with Gasteiger partial charge in [0.2, 0.25) is 0 Å². The first-order valence-corrected chi connectivity index (χ1v) is 4.32. The Balaban J connectivity index is 2.52. The van der Waals surface area contributed by atoms with Gasteiger partial charge >= 0.3 is 0 Å². The SMILES string of the molecule is Cc1cc2c(cc1F)N(C)CCO2. The molecule has 13 heavy (non-hydrogen) atoms. The molecular formula is C10H12FNO. The van der Waals surface area contributed by atoms with E-state index in [1.165, 1.54) is 6.07 Å². The molecule has 1 heterocycles. The number of halogens is 1. The number of nitrogens with zero attached hydrogens (tertiary/aromatic N) is 1. The molecule has 0 atom stereocenters. The third kappa shape index (κ3) is 1.34. The van der Waals surface area contributed by atoms with E-state index in [9.17, 15) is 4.39 Å². The molecule has 0 saturated heterocycles. The Morgan fingerprint density at radius 1 is 1.46 bits per heavy atom. The van der Waals surface area contributed by atoms with E-state index >= 15 is 0 Å². The van der Waals surface area contributed by atoms with E-state index in [4.69, 9.17) is 4.74 Å². The van der Waals surface area contributed by atoms with Crippen molar-refractivity contribution in [3.8, 4) is 5.75 Å². The summed E-state index contributed by atoms with van der Waals surface area (Å²) >= 11 is 0. The van der Waals surface area contributed by atoms with Crippen LogP contribution >= 0.6 is 0 Å². The number of fused-ring (bicyclic) bond motifs is 1. The zero-order chi connectivity index (χ0) is 9.42. The fourth-order valence-electron chi connectivity index (χ4n) is 1.47. The van der Waals surface area contributed by atoms with Crippen molar-refractivity contribution in [2.75, 3.05) is 25.1 Å². The summed E-state index contributed by atoms with van der Waals surface area (Å²) in [5.74, 6) is 0.615. The highest BCUT2D eigenvalue weighted by atomic mass is 19.1. The number of anilines is 1. The molecule has 0 unspecified atom stereocenters. The van der Waals surface area contributed by atoms with Crippen molar-refractivity contribution in [2.45, 2.75) is 6.92 Å². The molecule has 0 radical (unpaired) electrons. The second kappa shape index (κ2) is 2.91. The maximum Gasteiger partial charge on any atom is 0.143 e. The lowest BCUT2D eigenvalue weighted by Crippen LogP contribution is -2.28. The Morgan fingerprint density at radius 2 is 2.23 bits per heavy atom. The van der Waals surface area contributed by atoms with Gasteiger partial charge in [0, 0.05) is 13.1 Å². The van der Waals surface area contributed by atoms with Gasteiger partial charge in [-0.05, 0) is 18.6 Å². The van der Waals surface area contributed by atoms with Crippen LogP contribution in [0.5, 0.6) is 5.75 Å². The Kier molecular flexibility index (Phi) is 1.87. The average molecular weight is 181 g/mol. The van der Waals surface area contributed by atoms with Crippen molar-refractivity contribution in [3.63, 3.8) is 0 Å². The smallest absolute Gasteiger partial charge is 0.143 e. The molecule has 2 rings (SSSR count). The van der Waals surface area contributed by atoms with Gasteiger partial charge in [-0.3, -0.25) is 0 Å². The standard InChI is InChI=1S/C10H12FNO/c1-7-5-10-9(6-8(7)11)12(2)3-4-13-10/h5-6H,3-4H2,1-2H3. The summed E-state index contributed by atoms with van der Waals surface area (Å²) in [7, 11) is 1.94. The van der Waals surface area contributed by atoms with Crippen LogP contribution in [-0.2, 0) is 0 Å². The van der Waals surface area contributed by atoms with Crippen LogP contribution in [0.2, 0.25) is 0 Å². The largest absolute Gasteiger partial charge is 0.490 e. The van der Waals surface area contributed by atoms with Crippen LogP contribution in [0.4, 0.5) is 10.1 Å². The van der Waals surface area contributed by atoms with Gasteiger partial charge in [0.1, 0.15) is 18.2 Å². The van der Waals surface area contributed by atoms with Crippen molar-refractivity contribution >= 4 is 5.69 Å². The second-order valence-corrected chi connectivity index (χ2v) is 3.34. The highest BCUT2D eigenvalue weighted by Gasteiger charge is 2.16. The van der Waals surface area contributed by atoms with Crippen LogP contribution in [0, 0.1) is 12.7 Å². The summed E-state index contributed by atoms with van der Waals surface area (Å²) in [5.41, 5.74) is 1.48. The first kappa shape index (κ1) is 8.35. The van der Waals surface area contributed by atoms with Crippen molar-refractivity contribution in [1.82, 2.24) is 0 Å². The minimum atomic E-state index is -0.170. The molecule has 0 saturated carbocycles. The molecule has 1 aliphatic heterocycles. The van der Waals surface area contributed by atoms with E-state index < -0.39 is 0 Å².